The maximum Gasteiger partial charge on any atom is 0.310 e. The summed E-state index contributed by atoms with van der Waals surface area (Å²) in [7, 11) is 3.08. The largest absolute Gasteiger partial charge is 0.497 e. The number of anilines is 2. The highest BCUT2D eigenvalue weighted by Crippen LogP contribution is 2.35. The second-order valence-corrected chi connectivity index (χ2v) is 11.2. The molecule has 3 aromatic carbocycles. The van der Waals surface area contributed by atoms with Crippen molar-refractivity contribution in [2.24, 2.45) is 0 Å². The van der Waals surface area contributed by atoms with E-state index in [1.807, 2.05) is 13.8 Å². The zero-order valence-corrected chi connectivity index (χ0v) is 27.0. The molecule has 1 aromatic heterocycles. The number of carbonyl (C=O) groups is 2. The van der Waals surface area contributed by atoms with Gasteiger partial charge in [0.1, 0.15) is 40.1 Å². The van der Waals surface area contributed by atoms with Gasteiger partial charge in [0.15, 0.2) is 5.82 Å². The number of nitrogens with one attached hydrogen (secondary N) is 1. The van der Waals surface area contributed by atoms with Gasteiger partial charge in [0, 0.05) is 17.3 Å². The molecule has 9 nitrogen and oxygen atoms in total. The summed E-state index contributed by atoms with van der Waals surface area (Å²) in [6.07, 6.45) is 0.0828. The third kappa shape index (κ3) is 7.77. The first-order valence-corrected chi connectivity index (χ1v) is 14.9. The monoisotopic (exact) mass is 632 g/mol. The van der Waals surface area contributed by atoms with Crippen LogP contribution in [0.3, 0.4) is 0 Å². The van der Waals surface area contributed by atoms with E-state index in [0.29, 0.717) is 22.9 Å². The lowest BCUT2D eigenvalue weighted by molar-refractivity contribution is -0.153. The Balaban J connectivity index is 0.00000235. The molecule has 1 aliphatic heterocycles. The van der Waals surface area contributed by atoms with Gasteiger partial charge in [0.2, 0.25) is 0 Å². The number of methoxy groups -OCH3 is 2. The zero-order chi connectivity index (χ0) is 33.6. The van der Waals surface area contributed by atoms with Gasteiger partial charge in [-0.15, -0.1) is 0 Å². The van der Waals surface area contributed by atoms with E-state index in [1.54, 1.807) is 75.2 Å². The first-order chi connectivity index (χ1) is 22.0. The van der Waals surface area contributed by atoms with Gasteiger partial charge in [-0.05, 0) is 62.7 Å². The van der Waals surface area contributed by atoms with E-state index < -0.39 is 22.8 Å². The molecule has 5 rings (SSSR count). The van der Waals surface area contributed by atoms with Crippen LogP contribution < -0.4 is 14.8 Å². The Labute approximate surface area is 267 Å². The van der Waals surface area contributed by atoms with Gasteiger partial charge in [-0.3, -0.25) is 9.59 Å². The number of amides is 1. The summed E-state index contributed by atoms with van der Waals surface area (Å²) in [6, 6.07) is 15.7. The van der Waals surface area contributed by atoms with Crippen LogP contribution >= 0.6 is 0 Å². The van der Waals surface area contributed by atoms with E-state index in [2.05, 4.69) is 15.3 Å². The zero-order valence-electron chi connectivity index (χ0n) is 27.0. The predicted octanol–water partition coefficient (Wildman–Crippen LogP) is 7.25. The molecule has 0 saturated heterocycles. The topological polar surface area (TPSA) is 103 Å². The van der Waals surface area contributed by atoms with E-state index in [9.17, 15) is 18.4 Å². The predicted molar refractivity (Wildman–Crippen MR) is 171 cm³/mol. The Kier molecular flexibility index (Phi) is 10.6. The van der Waals surface area contributed by atoms with Crippen molar-refractivity contribution < 1.29 is 32.6 Å². The van der Waals surface area contributed by atoms with E-state index in [0.717, 1.165) is 23.3 Å². The van der Waals surface area contributed by atoms with E-state index in [1.165, 1.54) is 13.2 Å². The molecule has 0 spiro atoms. The smallest absolute Gasteiger partial charge is 0.310 e. The molecule has 1 N–H and O–H groups in total. The van der Waals surface area contributed by atoms with Crippen LogP contribution in [0.2, 0.25) is 0 Å². The summed E-state index contributed by atoms with van der Waals surface area (Å²) in [5.41, 5.74) is 1.52. The fourth-order valence-corrected chi connectivity index (χ4v) is 4.87. The van der Waals surface area contributed by atoms with Gasteiger partial charge in [0.25, 0.3) is 5.91 Å². The summed E-state index contributed by atoms with van der Waals surface area (Å²) >= 11 is 0. The number of hydrogen-bond acceptors (Lipinski definition) is 8. The quantitative estimate of drug-likeness (QED) is 0.193. The molecule has 0 fully saturated rings. The molecule has 1 aliphatic rings. The highest BCUT2D eigenvalue weighted by Gasteiger charge is 2.34. The number of fused-ring (bicyclic) bond motifs is 1. The Morgan fingerprint density at radius 3 is 2.22 bits per heavy atom. The molecule has 4 aromatic rings. The lowest BCUT2D eigenvalue weighted by Gasteiger charge is -2.19. The number of ether oxygens (including phenoxy) is 3. The normalized spacial score (nSPS) is 12.2. The molecule has 0 radical (unpaired) electrons. The van der Waals surface area contributed by atoms with Crippen LogP contribution in [-0.4, -0.2) is 46.6 Å². The van der Waals surface area contributed by atoms with Crippen LogP contribution in [0.15, 0.2) is 60.7 Å². The van der Waals surface area contributed by atoms with Crippen molar-refractivity contribution in [3.05, 3.63) is 94.7 Å². The summed E-state index contributed by atoms with van der Waals surface area (Å²) in [6.45, 7) is 9.67. The van der Waals surface area contributed by atoms with Gasteiger partial charge in [0.05, 0.1) is 45.0 Å². The number of nitrogens with zero attached hydrogens (tertiary/aromatic N) is 3. The Bertz CT molecular complexity index is 1700. The van der Waals surface area contributed by atoms with Gasteiger partial charge < -0.3 is 24.4 Å². The molecule has 1 amide bonds. The minimum atomic E-state index is -0.827. The molecular weight excluding hydrogens is 594 g/mol. The summed E-state index contributed by atoms with van der Waals surface area (Å²) < 4.78 is 45.8. The Hall–Kier alpha value is -5.06. The average molecular weight is 633 g/mol. The Morgan fingerprint density at radius 2 is 1.61 bits per heavy atom. The summed E-state index contributed by atoms with van der Waals surface area (Å²) in [4.78, 5) is 36.4. The van der Waals surface area contributed by atoms with Crippen LogP contribution in [0.5, 0.6) is 11.5 Å². The first-order valence-electron chi connectivity index (χ1n) is 14.9. The van der Waals surface area contributed by atoms with Crippen molar-refractivity contribution in [2.45, 2.75) is 59.7 Å². The van der Waals surface area contributed by atoms with Crippen molar-refractivity contribution in [3.63, 3.8) is 0 Å². The van der Waals surface area contributed by atoms with Crippen molar-refractivity contribution in [3.8, 4) is 22.9 Å². The van der Waals surface area contributed by atoms with Crippen LogP contribution in [0.25, 0.3) is 11.4 Å². The fraction of sp³-hybridized carbons (Fsp3) is 0.314. The molecule has 0 atom stereocenters. The number of esters is 1. The van der Waals surface area contributed by atoms with Crippen LogP contribution in [0.1, 0.15) is 61.8 Å². The van der Waals surface area contributed by atoms with Gasteiger partial charge in [-0.2, -0.15) is 0 Å². The second-order valence-electron chi connectivity index (χ2n) is 11.2. The second kappa shape index (κ2) is 14.4. The molecule has 242 valence electrons. The van der Waals surface area contributed by atoms with E-state index in [4.69, 9.17) is 14.2 Å². The number of halogens is 2. The third-order valence-corrected chi connectivity index (χ3v) is 6.85. The highest BCUT2D eigenvalue weighted by atomic mass is 19.1. The number of rotatable bonds is 9. The van der Waals surface area contributed by atoms with Gasteiger partial charge >= 0.3 is 5.97 Å². The molecule has 0 saturated carbocycles. The third-order valence-electron chi connectivity index (χ3n) is 6.85. The van der Waals surface area contributed by atoms with Crippen LogP contribution in [0, 0.1) is 11.6 Å². The lowest BCUT2D eigenvalue weighted by Crippen LogP contribution is -2.24. The van der Waals surface area contributed by atoms with Crippen molar-refractivity contribution >= 4 is 23.4 Å². The molecule has 0 bridgehead atoms. The SMILES string of the molecule is CC.COc1ccc(CN2Cc3nc(-c4c(F)cccc4F)nc(Nc4ccc(CC(=O)OC(C)(C)C)cc4)c3C2=O)c(OC)c1. The highest BCUT2D eigenvalue weighted by molar-refractivity contribution is 6.03. The summed E-state index contributed by atoms with van der Waals surface area (Å²) in [5, 5.41) is 3.12. The minimum Gasteiger partial charge on any atom is -0.497 e. The van der Waals surface area contributed by atoms with Crippen LogP contribution in [-0.2, 0) is 29.0 Å². The van der Waals surface area contributed by atoms with Crippen molar-refractivity contribution in [2.75, 3.05) is 19.5 Å². The summed E-state index contributed by atoms with van der Waals surface area (Å²) in [5.74, 6) is -1.32. The molecule has 11 heteroatoms. The molecule has 46 heavy (non-hydrogen) atoms. The van der Waals surface area contributed by atoms with Gasteiger partial charge in [-0.1, -0.05) is 32.0 Å². The fourth-order valence-electron chi connectivity index (χ4n) is 4.87. The molecule has 2 heterocycles. The molecule has 0 aliphatic carbocycles. The van der Waals surface area contributed by atoms with E-state index in [-0.39, 0.29) is 48.6 Å². The number of benzene rings is 3. The first kappa shape index (κ1) is 33.8. The average Bonchev–Trinajstić information content (AvgIpc) is 3.33. The number of carbonyl (C=O) groups excluding carboxylic acids is 2. The van der Waals surface area contributed by atoms with Crippen molar-refractivity contribution in [1.29, 1.82) is 0 Å². The molecular formula is C35H38F2N4O5. The van der Waals surface area contributed by atoms with Crippen LogP contribution in [0.4, 0.5) is 20.3 Å². The standard InChI is InChI=1S/C33H32F2N4O5.C2H6/c1-33(2,3)44-27(40)15-19-9-12-21(13-10-19)36-31-29-25(37-30(38-31)28-23(34)7-6-8-24(28)35)18-39(32(29)41)17-20-11-14-22(42-4)16-26(20)43-5;1-2/h6-14,16H,15,17-18H2,1-5H3,(H,36,37,38);1-2H3. The number of aromatic nitrogens is 2. The van der Waals surface area contributed by atoms with Crippen molar-refractivity contribution in [1.82, 2.24) is 14.9 Å². The lowest BCUT2D eigenvalue weighted by atomic mass is 10.1. The number of hydrogen-bond donors (Lipinski definition) is 1. The maximum absolute atomic E-state index is 14.8. The van der Waals surface area contributed by atoms with E-state index >= 15 is 0 Å². The van der Waals surface area contributed by atoms with Gasteiger partial charge in [-0.25, -0.2) is 18.7 Å². The maximum atomic E-state index is 14.8. The Morgan fingerprint density at radius 1 is 0.935 bits per heavy atom. The minimum absolute atomic E-state index is 0.0818. The molecule has 0 unspecified atom stereocenters.